The fourth-order valence-corrected chi connectivity index (χ4v) is 3.20. The van der Waals surface area contributed by atoms with Crippen molar-refractivity contribution in [3.05, 3.63) is 58.6 Å². The Kier molecular flexibility index (Phi) is 6.84. The Labute approximate surface area is 166 Å². The van der Waals surface area contributed by atoms with Gasteiger partial charge >= 0.3 is 0 Å². The topological polar surface area (TPSA) is 79.5 Å². The van der Waals surface area contributed by atoms with Crippen LogP contribution in [0.4, 0.5) is 11.4 Å². The van der Waals surface area contributed by atoms with E-state index in [0.717, 1.165) is 29.6 Å². The Bertz CT molecular complexity index is 789. The smallest absolute Gasteiger partial charge is 0.251 e. The maximum absolute atomic E-state index is 12.2. The van der Waals surface area contributed by atoms with Gasteiger partial charge in [0.25, 0.3) is 5.91 Å². The molecule has 1 atom stereocenters. The molecule has 0 spiro atoms. The van der Waals surface area contributed by atoms with Gasteiger partial charge in [0.05, 0.1) is 12.6 Å². The minimum atomic E-state index is -0.162. The third-order valence-corrected chi connectivity index (χ3v) is 4.72. The molecule has 2 aromatic rings. The molecule has 0 saturated carbocycles. The van der Waals surface area contributed by atoms with E-state index >= 15 is 0 Å². The van der Waals surface area contributed by atoms with Crippen LogP contribution < -0.4 is 16.0 Å². The number of hydrogen-bond donors (Lipinski definition) is 3. The molecular weight excluding hydrogens is 410 g/mol. The van der Waals surface area contributed by atoms with Gasteiger partial charge in [0.2, 0.25) is 5.91 Å². The highest BCUT2D eigenvalue weighted by Crippen LogP contribution is 2.16. The van der Waals surface area contributed by atoms with Crippen LogP contribution in [-0.4, -0.2) is 37.6 Å². The second kappa shape index (κ2) is 9.53. The molecule has 0 bridgehead atoms. The Morgan fingerprint density at radius 1 is 1.11 bits per heavy atom. The van der Waals surface area contributed by atoms with E-state index in [0.29, 0.717) is 17.8 Å². The highest BCUT2D eigenvalue weighted by molar-refractivity contribution is 9.10. The van der Waals surface area contributed by atoms with Gasteiger partial charge in [0, 0.05) is 34.6 Å². The van der Waals surface area contributed by atoms with Gasteiger partial charge in [0.1, 0.15) is 0 Å². The fourth-order valence-electron chi connectivity index (χ4n) is 2.80. The van der Waals surface area contributed by atoms with Crippen LogP contribution in [0.2, 0.25) is 0 Å². The molecular formula is C20H22BrN3O3. The van der Waals surface area contributed by atoms with Crippen LogP contribution in [0.5, 0.6) is 0 Å². The van der Waals surface area contributed by atoms with E-state index in [1.807, 2.05) is 24.3 Å². The number of nitrogens with one attached hydrogen (secondary N) is 3. The van der Waals surface area contributed by atoms with Gasteiger partial charge in [-0.15, -0.1) is 0 Å². The van der Waals surface area contributed by atoms with Gasteiger partial charge in [-0.2, -0.15) is 0 Å². The summed E-state index contributed by atoms with van der Waals surface area (Å²) in [6.07, 6.45) is 2.15. The van der Waals surface area contributed by atoms with Crippen molar-refractivity contribution in [1.82, 2.24) is 5.32 Å². The first kappa shape index (κ1) is 19.4. The molecule has 1 aliphatic rings. The van der Waals surface area contributed by atoms with E-state index in [9.17, 15) is 9.59 Å². The number of carbonyl (C=O) groups excluding carboxylic acids is 2. The third-order valence-electron chi connectivity index (χ3n) is 4.22. The van der Waals surface area contributed by atoms with Crippen molar-refractivity contribution < 1.29 is 14.3 Å². The number of carbonyl (C=O) groups is 2. The predicted molar refractivity (Wildman–Crippen MR) is 109 cm³/mol. The van der Waals surface area contributed by atoms with Gasteiger partial charge in [-0.1, -0.05) is 22.0 Å². The Hall–Kier alpha value is -2.38. The Morgan fingerprint density at radius 2 is 1.93 bits per heavy atom. The summed E-state index contributed by atoms with van der Waals surface area (Å²) >= 11 is 3.39. The normalized spacial score (nSPS) is 16.0. The highest BCUT2D eigenvalue weighted by Gasteiger charge is 2.16. The second-order valence-electron chi connectivity index (χ2n) is 6.33. The largest absolute Gasteiger partial charge is 0.376 e. The average molecular weight is 432 g/mol. The summed E-state index contributed by atoms with van der Waals surface area (Å²) in [7, 11) is 0. The van der Waals surface area contributed by atoms with E-state index in [2.05, 4.69) is 31.9 Å². The minimum absolute atomic E-state index is 0.116. The molecule has 1 fully saturated rings. The molecule has 1 heterocycles. The molecule has 2 aromatic carbocycles. The van der Waals surface area contributed by atoms with Gasteiger partial charge < -0.3 is 20.7 Å². The standard InChI is InChI=1S/C20H22BrN3O3/c21-15-3-1-4-17(11-15)22-13-19(25)24-16-8-6-14(7-9-16)20(26)23-12-18-5-2-10-27-18/h1,3-4,6-9,11,18,22H,2,5,10,12-13H2,(H,23,26)(H,24,25). The molecule has 0 aliphatic carbocycles. The van der Waals surface area contributed by atoms with E-state index in [-0.39, 0.29) is 24.5 Å². The van der Waals surface area contributed by atoms with Crippen molar-refractivity contribution in [2.75, 3.05) is 30.3 Å². The summed E-state index contributed by atoms with van der Waals surface area (Å²) in [6.45, 7) is 1.45. The van der Waals surface area contributed by atoms with E-state index in [1.165, 1.54) is 0 Å². The average Bonchev–Trinajstić information content (AvgIpc) is 3.19. The van der Waals surface area contributed by atoms with Crippen LogP contribution in [0.3, 0.4) is 0 Å². The summed E-state index contributed by atoms with van der Waals surface area (Å²) in [6, 6.07) is 14.4. The number of hydrogen-bond acceptors (Lipinski definition) is 4. The molecule has 1 unspecified atom stereocenters. The molecule has 3 rings (SSSR count). The van der Waals surface area contributed by atoms with Gasteiger partial charge in [0.15, 0.2) is 0 Å². The zero-order valence-corrected chi connectivity index (χ0v) is 16.4. The molecule has 7 heteroatoms. The quantitative estimate of drug-likeness (QED) is 0.627. The van der Waals surface area contributed by atoms with Crippen molar-refractivity contribution >= 4 is 39.1 Å². The van der Waals surface area contributed by atoms with Crippen molar-refractivity contribution in [3.63, 3.8) is 0 Å². The number of rotatable bonds is 7. The maximum atomic E-state index is 12.2. The predicted octanol–water partition coefficient (Wildman–Crippen LogP) is 3.41. The zero-order valence-electron chi connectivity index (χ0n) is 14.8. The summed E-state index contributed by atoms with van der Waals surface area (Å²) in [5.41, 5.74) is 2.06. The van der Waals surface area contributed by atoms with Gasteiger partial charge in [-0.05, 0) is 55.3 Å². The Morgan fingerprint density at radius 3 is 2.63 bits per heavy atom. The van der Waals surface area contributed by atoms with Gasteiger partial charge in [-0.25, -0.2) is 0 Å². The van der Waals surface area contributed by atoms with Crippen molar-refractivity contribution in [2.24, 2.45) is 0 Å². The van der Waals surface area contributed by atoms with Crippen LogP contribution in [-0.2, 0) is 9.53 Å². The van der Waals surface area contributed by atoms with Crippen LogP contribution >= 0.6 is 15.9 Å². The SMILES string of the molecule is O=C(CNc1cccc(Br)c1)Nc1ccc(C(=O)NCC2CCCO2)cc1. The van der Waals surface area contributed by atoms with E-state index in [1.54, 1.807) is 24.3 Å². The number of benzene rings is 2. The van der Waals surface area contributed by atoms with Gasteiger partial charge in [-0.3, -0.25) is 9.59 Å². The number of amides is 2. The summed E-state index contributed by atoms with van der Waals surface area (Å²) in [5.74, 6) is -0.301. The molecule has 142 valence electrons. The third kappa shape index (κ3) is 6.08. The van der Waals surface area contributed by atoms with Crippen LogP contribution in [0.1, 0.15) is 23.2 Å². The minimum Gasteiger partial charge on any atom is -0.376 e. The summed E-state index contributed by atoms with van der Waals surface area (Å²) in [4.78, 5) is 24.2. The molecule has 0 aromatic heterocycles. The first-order chi connectivity index (χ1) is 13.1. The second-order valence-corrected chi connectivity index (χ2v) is 7.25. The van der Waals surface area contributed by atoms with Crippen LogP contribution in [0.25, 0.3) is 0 Å². The van der Waals surface area contributed by atoms with E-state index in [4.69, 9.17) is 4.74 Å². The Balaban J connectivity index is 1.45. The summed E-state index contributed by atoms with van der Waals surface area (Å²) in [5, 5.41) is 8.74. The van der Waals surface area contributed by atoms with E-state index < -0.39 is 0 Å². The number of anilines is 2. The fraction of sp³-hybridized carbons (Fsp3) is 0.300. The summed E-state index contributed by atoms with van der Waals surface area (Å²) < 4.78 is 6.44. The molecule has 2 amide bonds. The maximum Gasteiger partial charge on any atom is 0.251 e. The zero-order chi connectivity index (χ0) is 19.1. The molecule has 6 nitrogen and oxygen atoms in total. The number of ether oxygens (including phenoxy) is 1. The van der Waals surface area contributed by atoms with Crippen LogP contribution in [0, 0.1) is 0 Å². The highest BCUT2D eigenvalue weighted by atomic mass is 79.9. The van der Waals surface area contributed by atoms with Crippen LogP contribution in [0.15, 0.2) is 53.0 Å². The molecule has 27 heavy (non-hydrogen) atoms. The lowest BCUT2D eigenvalue weighted by Crippen LogP contribution is -2.31. The van der Waals surface area contributed by atoms with Crippen molar-refractivity contribution in [2.45, 2.75) is 18.9 Å². The first-order valence-corrected chi connectivity index (χ1v) is 9.68. The molecule has 1 aliphatic heterocycles. The lowest BCUT2D eigenvalue weighted by molar-refractivity contribution is -0.114. The lowest BCUT2D eigenvalue weighted by Gasteiger charge is -2.11. The molecule has 1 saturated heterocycles. The lowest BCUT2D eigenvalue weighted by atomic mass is 10.2. The molecule has 3 N–H and O–H groups in total. The number of halogens is 1. The van der Waals surface area contributed by atoms with Crippen molar-refractivity contribution in [1.29, 1.82) is 0 Å². The first-order valence-electron chi connectivity index (χ1n) is 8.89. The molecule has 0 radical (unpaired) electrons. The monoisotopic (exact) mass is 431 g/mol. The van der Waals surface area contributed by atoms with Crippen molar-refractivity contribution in [3.8, 4) is 0 Å².